The second kappa shape index (κ2) is 5.76. The molecule has 1 radical (unpaired) electrons. The smallest absolute Gasteiger partial charge is 0.288 e. The van der Waals surface area contributed by atoms with Crippen LogP contribution in [0, 0.1) is 0 Å². The molecule has 0 amide bonds. The van der Waals surface area contributed by atoms with Gasteiger partial charge in [-0.15, -0.1) is 0 Å². The molecule has 0 aromatic rings. The van der Waals surface area contributed by atoms with Crippen molar-refractivity contribution in [3.8, 4) is 0 Å². The van der Waals surface area contributed by atoms with E-state index < -0.39 is 40.6 Å². The second-order valence-electron chi connectivity index (χ2n) is 5.06. The minimum absolute atomic E-state index is 0.538. The van der Waals surface area contributed by atoms with Crippen molar-refractivity contribution in [2.45, 2.75) is 56.9 Å². The van der Waals surface area contributed by atoms with Crippen LogP contribution < -0.4 is 0 Å². The molecule has 0 rings (SSSR count). The molecule has 115 valence electrons. The summed E-state index contributed by atoms with van der Waals surface area (Å²) >= 11 is 0. The van der Waals surface area contributed by atoms with Crippen molar-refractivity contribution < 1.29 is 26.3 Å². The lowest BCUT2D eigenvalue weighted by atomic mass is 10.4. The van der Waals surface area contributed by atoms with Gasteiger partial charge in [-0.25, -0.2) is 26.3 Å². The molecule has 0 aromatic carbocycles. The Morgan fingerprint density at radius 3 is 1.37 bits per heavy atom. The van der Waals surface area contributed by atoms with Gasteiger partial charge in [0.25, 0.3) is 19.3 Å². The van der Waals surface area contributed by atoms with Crippen LogP contribution in [-0.4, -0.2) is 51.9 Å². The third-order valence-electron chi connectivity index (χ3n) is 3.64. The van der Waals surface area contributed by atoms with E-state index in [1.54, 1.807) is 0 Å². The first-order valence-electron chi connectivity index (χ1n) is 5.82. The van der Waals surface area contributed by atoms with Gasteiger partial charge in [0.2, 0.25) is 0 Å². The number of halogens is 6. The van der Waals surface area contributed by atoms with Gasteiger partial charge in [-0.05, 0) is 27.4 Å². The van der Waals surface area contributed by atoms with E-state index in [0.29, 0.717) is 20.4 Å². The van der Waals surface area contributed by atoms with Crippen LogP contribution in [0.1, 0.15) is 13.8 Å². The first-order valence-corrected chi connectivity index (χ1v) is 10.7. The summed E-state index contributed by atoms with van der Waals surface area (Å²) in [6.45, 7) is 4.81. The van der Waals surface area contributed by atoms with Crippen LogP contribution in [0.2, 0.25) is 19.6 Å². The molecule has 0 N–H and O–H groups in total. The SMILES string of the molecule is CC(F)C(F)(F)[Si](C)(N(C)[Si](C)C)C(F)(F)C(C)F. The van der Waals surface area contributed by atoms with Crippen molar-refractivity contribution in [2.24, 2.45) is 0 Å². The summed E-state index contributed by atoms with van der Waals surface area (Å²) in [5.74, 6) is 0. The molecule has 0 heterocycles. The first kappa shape index (κ1) is 19.0. The summed E-state index contributed by atoms with van der Waals surface area (Å²) in [4.78, 5) is 0. The molecule has 0 aromatic heterocycles. The Hall–Kier alpha value is -0.0262. The van der Waals surface area contributed by atoms with Gasteiger partial charge < -0.3 is 4.23 Å². The third-order valence-corrected chi connectivity index (χ3v) is 12.4. The van der Waals surface area contributed by atoms with Crippen LogP contribution >= 0.6 is 0 Å². The second-order valence-corrected chi connectivity index (χ2v) is 12.2. The maximum Gasteiger partial charge on any atom is 0.288 e. The molecular formula is C10H20F6NSi2. The lowest BCUT2D eigenvalue weighted by Gasteiger charge is -2.48. The van der Waals surface area contributed by atoms with Crippen LogP contribution in [0.3, 0.4) is 0 Å². The standard InChI is InChI=1S/C10H20F6NSi2/c1-7(11)9(13,14)19(6,17(3)18(4)5)10(15,16)8(2)12/h7-8H,1-6H3. The maximum absolute atomic E-state index is 14.1. The quantitative estimate of drug-likeness (QED) is 0.530. The molecule has 0 spiro atoms. The van der Waals surface area contributed by atoms with Gasteiger partial charge >= 0.3 is 0 Å². The van der Waals surface area contributed by atoms with E-state index in [1.807, 2.05) is 0 Å². The Morgan fingerprint density at radius 1 is 0.947 bits per heavy atom. The van der Waals surface area contributed by atoms with Crippen molar-refractivity contribution in [1.82, 2.24) is 4.23 Å². The van der Waals surface area contributed by atoms with E-state index in [9.17, 15) is 26.3 Å². The molecule has 0 aliphatic heterocycles. The fourth-order valence-electron chi connectivity index (χ4n) is 1.89. The number of hydrogen-bond acceptors (Lipinski definition) is 1. The monoisotopic (exact) mass is 324 g/mol. The van der Waals surface area contributed by atoms with E-state index in [4.69, 9.17) is 0 Å². The van der Waals surface area contributed by atoms with Gasteiger partial charge in [0.1, 0.15) is 8.96 Å². The topological polar surface area (TPSA) is 3.24 Å². The number of rotatable bonds is 6. The summed E-state index contributed by atoms with van der Waals surface area (Å²) in [5, 5.41) is 0. The molecule has 1 nitrogen and oxygen atoms in total. The van der Waals surface area contributed by atoms with Gasteiger partial charge in [-0.1, -0.05) is 13.1 Å². The predicted molar refractivity (Wildman–Crippen MR) is 67.9 cm³/mol. The lowest BCUT2D eigenvalue weighted by molar-refractivity contribution is -0.0569. The zero-order chi connectivity index (χ0) is 15.8. The minimum atomic E-state index is -5.04. The van der Waals surface area contributed by atoms with Crippen LogP contribution in [0.15, 0.2) is 0 Å². The highest BCUT2D eigenvalue weighted by atomic mass is 28.4. The van der Waals surface area contributed by atoms with E-state index >= 15 is 0 Å². The molecule has 0 aliphatic carbocycles. The molecule has 0 bridgehead atoms. The van der Waals surface area contributed by atoms with E-state index in [1.165, 1.54) is 13.1 Å². The highest BCUT2D eigenvalue weighted by molar-refractivity contribution is 6.87. The van der Waals surface area contributed by atoms with Crippen LogP contribution in [0.5, 0.6) is 0 Å². The lowest BCUT2D eigenvalue weighted by Crippen LogP contribution is -2.78. The van der Waals surface area contributed by atoms with Crippen molar-refractivity contribution in [3.63, 3.8) is 0 Å². The highest BCUT2D eigenvalue weighted by Gasteiger charge is 2.74. The molecule has 2 unspecified atom stereocenters. The molecule has 0 saturated carbocycles. The van der Waals surface area contributed by atoms with Crippen molar-refractivity contribution >= 4 is 17.2 Å². The zero-order valence-electron chi connectivity index (χ0n) is 11.9. The average molecular weight is 324 g/mol. The Labute approximate surface area is 112 Å². The summed E-state index contributed by atoms with van der Waals surface area (Å²) in [6, 6.07) is 0. The number of alkyl halides is 6. The summed E-state index contributed by atoms with van der Waals surface area (Å²) in [6.07, 6.45) is -5.50. The summed E-state index contributed by atoms with van der Waals surface area (Å²) in [5.41, 5.74) is -8.49. The molecule has 19 heavy (non-hydrogen) atoms. The molecule has 0 saturated heterocycles. The van der Waals surface area contributed by atoms with Crippen molar-refractivity contribution in [1.29, 1.82) is 0 Å². The van der Waals surface area contributed by atoms with Gasteiger partial charge in [0, 0.05) is 0 Å². The van der Waals surface area contributed by atoms with Crippen molar-refractivity contribution in [2.75, 3.05) is 7.05 Å². The normalized spacial score (nSPS) is 20.5. The average Bonchev–Trinajstić information content (AvgIpc) is 2.25. The fourth-order valence-corrected chi connectivity index (χ4v) is 9.25. The van der Waals surface area contributed by atoms with E-state index in [0.717, 1.165) is 11.3 Å². The number of nitrogens with zero attached hydrogens (tertiary/aromatic N) is 1. The Balaban J connectivity index is 6.05. The minimum Gasteiger partial charge on any atom is -0.340 e. The van der Waals surface area contributed by atoms with Crippen LogP contribution in [0.25, 0.3) is 0 Å². The Bertz CT molecular complexity index is 288. The molecular weight excluding hydrogens is 304 g/mol. The van der Waals surface area contributed by atoms with Gasteiger partial charge in [0.15, 0.2) is 12.3 Å². The fraction of sp³-hybridized carbons (Fsp3) is 1.00. The summed E-state index contributed by atoms with van der Waals surface area (Å²) in [7, 11) is -5.62. The molecule has 0 aliphatic rings. The van der Waals surface area contributed by atoms with E-state index in [2.05, 4.69) is 0 Å². The number of hydrogen-bond donors (Lipinski definition) is 0. The first-order chi connectivity index (χ1) is 8.24. The van der Waals surface area contributed by atoms with Crippen molar-refractivity contribution in [3.05, 3.63) is 0 Å². The third kappa shape index (κ3) is 2.87. The largest absolute Gasteiger partial charge is 0.340 e. The molecule has 0 fully saturated rings. The van der Waals surface area contributed by atoms with E-state index in [-0.39, 0.29) is 0 Å². The highest BCUT2D eigenvalue weighted by Crippen LogP contribution is 2.46. The van der Waals surface area contributed by atoms with Crippen LogP contribution in [0.4, 0.5) is 26.3 Å². The summed E-state index contributed by atoms with van der Waals surface area (Å²) < 4.78 is 83.6. The maximum atomic E-state index is 14.1. The van der Waals surface area contributed by atoms with Gasteiger partial charge in [-0.2, -0.15) is 0 Å². The van der Waals surface area contributed by atoms with Crippen LogP contribution in [-0.2, 0) is 0 Å². The predicted octanol–water partition coefficient (Wildman–Crippen LogP) is 3.81. The molecule has 2 atom stereocenters. The van der Waals surface area contributed by atoms with Gasteiger partial charge in [0.05, 0.1) is 0 Å². The Morgan fingerprint density at radius 2 is 1.21 bits per heavy atom. The Kier molecular flexibility index (Phi) is 5.76. The van der Waals surface area contributed by atoms with Gasteiger partial charge in [-0.3, -0.25) is 0 Å². The zero-order valence-corrected chi connectivity index (χ0v) is 13.9. The molecule has 9 heteroatoms.